The zero-order valence-corrected chi connectivity index (χ0v) is 19.0. The Kier molecular flexibility index (Phi) is 5.71. The summed E-state index contributed by atoms with van der Waals surface area (Å²) in [4.78, 5) is 17.5. The first-order chi connectivity index (χ1) is 15.8. The molecule has 5 rings (SSSR count). The number of hydrogen-bond donors (Lipinski definition) is 4. The lowest BCUT2D eigenvalue weighted by Gasteiger charge is -2.36. The molecule has 13 heteroatoms. The lowest BCUT2D eigenvalue weighted by Crippen LogP contribution is -2.48. The minimum absolute atomic E-state index is 0.133. The van der Waals surface area contributed by atoms with Crippen molar-refractivity contribution in [3.05, 3.63) is 34.6 Å². The molecule has 2 fully saturated rings. The number of benzene rings is 1. The average molecular weight is 496 g/mol. The third kappa shape index (κ3) is 3.65. The minimum atomic E-state index is -1.61. The molecule has 2 aliphatic heterocycles. The molecule has 0 unspecified atom stereocenters. The van der Waals surface area contributed by atoms with Gasteiger partial charge in [0, 0.05) is 31.9 Å². The quantitative estimate of drug-likeness (QED) is 0.401. The van der Waals surface area contributed by atoms with E-state index in [9.17, 15) is 15.3 Å². The van der Waals surface area contributed by atoms with Crippen LogP contribution in [-0.2, 0) is 10.5 Å². The first kappa shape index (κ1) is 22.4. The summed E-state index contributed by atoms with van der Waals surface area (Å²) in [6.45, 7) is 1.94. The number of nitrogens with two attached hydrogens (primary N) is 1. The molecule has 11 nitrogen and oxygen atoms in total. The van der Waals surface area contributed by atoms with Crippen LogP contribution >= 0.6 is 23.2 Å². The van der Waals surface area contributed by atoms with Gasteiger partial charge in [-0.25, -0.2) is 4.98 Å². The minimum Gasteiger partial charge on any atom is -0.391 e. The molecule has 2 aromatic heterocycles. The van der Waals surface area contributed by atoms with E-state index < -0.39 is 24.5 Å². The Balaban J connectivity index is 1.43. The van der Waals surface area contributed by atoms with Crippen LogP contribution in [-0.4, -0.2) is 86.4 Å². The van der Waals surface area contributed by atoms with Crippen LogP contribution < -0.4 is 15.5 Å². The number of piperazine rings is 1. The number of fused-ring (bicyclic) bond motifs is 1. The van der Waals surface area contributed by atoms with Gasteiger partial charge in [0.25, 0.3) is 0 Å². The monoisotopic (exact) mass is 495 g/mol. The molecular weight excluding hydrogens is 473 g/mol. The highest BCUT2D eigenvalue weighted by atomic mass is 35.5. The van der Waals surface area contributed by atoms with Gasteiger partial charge in [0.15, 0.2) is 17.2 Å². The van der Waals surface area contributed by atoms with Crippen molar-refractivity contribution >= 4 is 51.8 Å². The second kappa shape index (κ2) is 8.42. The van der Waals surface area contributed by atoms with Crippen LogP contribution in [0.2, 0.25) is 10.0 Å². The lowest BCUT2D eigenvalue weighted by atomic mass is 10.1. The Labute approximate surface area is 198 Å². The van der Waals surface area contributed by atoms with Crippen molar-refractivity contribution in [2.45, 2.75) is 17.9 Å². The van der Waals surface area contributed by atoms with Crippen molar-refractivity contribution in [2.75, 3.05) is 54.9 Å². The van der Waals surface area contributed by atoms with Gasteiger partial charge in [-0.1, -0.05) is 23.2 Å². The highest BCUT2D eigenvalue weighted by Crippen LogP contribution is 2.35. The molecule has 0 amide bonds. The molecule has 3 aromatic rings. The SMILES string of the molecule is Nc1nc(N2CCN(c3ccc(Cl)c(Cl)c3)CC2)nc2c1ncn2[C@]1(CO)OC[C@H](O)[C@H]1O. The Morgan fingerprint density at radius 1 is 1.09 bits per heavy atom. The third-order valence-corrected chi connectivity index (χ3v) is 6.95. The first-order valence-electron chi connectivity index (χ1n) is 10.4. The number of aliphatic hydroxyl groups excluding tert-OH is 3. The van der Waals surface area contributed by atoms with E-state index in [-0.39, 0.29) is 12.4 Å². The van der Waals surface area contributed by atoms with Gasteiger partial charge in [-0.15, -0.1) is 0 Å². The fourth-order valence-corrected chi connectivity index (χ4v) is 4.60. The van der Waals surface area contributed by atoms with Gasteiger partial charge < -0.3 is 35.6 Å². The number of rotatable bonds is 4. The maximum Gasteiger partial charge on any atom is 0.229 e. The molecule has 176 valence electrons. The van der Waals surface area contributed by atoms with Crippen LogP contribution in [0.3, 0.4) is 0 Å². The summed E-state index contributed by atoms with van der Waals surface area (Å²) in [5, 5.41) is 31.6. The number of aromatic nitrogens is 4. The zero-order chi connectivity index (χ0) is 23.3. The standard InChI is InChI=1S/C20H23Cl2N7O4/c21-12-2-1-11(7-13(12)22)27-3-5-28(6-4-27)19-25-17(23)15-18(26-19)29(10-24-15)20(9-30)16(32)14(31)8-33-20/h1-2,7,10,14,16,30-32H,3-6,8-9H2,(H2,23,25,26)/t14-,16+,20+/m0/s1. The summed E-state index contributed by atoms with van der Waals surface area (Å²) >= 11 is 12.2. The Morgan fingerprint density at radius 2 is 1.82 bits per heavy atom. The topological polar surface area (TPSA) is 146 Å². The molecule has 1 aromatic carbocycles. The molecule has 33 heavy (non-hydrogen) atoms. The van der Waals surface area contributed by atoms with Gasteiger partial charge >= 0.3 is 0 Å². The molecule has 0 radical (unpaired) electrons. The highest BCUT2D eigenvalue weighted by Gasteiger charge is 2.51. The Hall–Kier alpha value is -2.41. The highest BCUT2D eigenvalue weighted by molar-refractivity contribution is 6.42. The normalized spacial score (nSPS) is 25.8. The predicted molar refractivity (Wildman–Crippen MR) is 124 cm³/mol. The maximum absolute atomic E-state index is 10.5. The van der Waals surface area contributed by atoms with E-state index in [1.54, 1.807) is 6.07 Å². The summed E-state index contributed by atoms with van der Waals surface area (Å²) < 4.78 is 7.02. The summed E-state index contributed by atoms with van der Waals surface area (Å²) in [5.74, 6) is 0.568. The maximum atomic E-state index is 10.5. The summed E-state index contributed by atoms with van der Waals surface area (Å²) in [6.07, 6.45) is -1.14. The van der Waals surface area contributed by atoms with Crippen molar-refractivity contribution in [1.29, 1.82) is 0 Å². The van der Waals surface area contributed by atoms with Crippen LogP contribution in [0.5, 0.6) is 0 Å². The van der Waals surface area contributed by atoms with Crippen molar-refractivity contribution < 1.29 is 20.1 Å². The molecule has 0 spiro atoms. The fourth-order valence-electron chi connectivity index (χ4n) is 4.31. The summed E-state index contributed by atoms with van der Waals surface area (Å²) in [6, 6.07) is 5.55. The predicted octanol–water partition coefficient (Wildman–Crippen LogP) is 0.439. The van der Waals surface area contributed by atoms with Crippen LogP contribution in [0.25, 0.3) is 11.2 Å². The van der Waals surface area contributed by atoms with Crippen LogP contribution in [0.15, 0.2) is 24.5 Å². The molecule has 4 heterocycles. The number of anilines is 3. The van der Waals surface area contributed by atoms with Gasteiger partial charge in [-0.3, -0.25) is 4.57 Å². The summed E-state index contributed by atoms with van der Waals surface area (Å²) in [7, 11) is 0. The van der Waals surface area contributed by atoms with Gasteiger partial charge in [0.1, 0.15) is 17.7 Å². The van der Waals surface area contributed by atoms with Crippen LogP contribution in [0.1, 0.15) is 0 Å². The largest absolute Gasteiger partial charge is 0.391 e. The first-order valence-corrected chi connectivity index (χ1v) is 11.2. The van der Waals surface area contributed by atoms with Gasteiger partial charge in [0.2, 0.25) is 5.95 Å². The van der Waals surface area contributed by atoms with E-state index in [4.69, 9.17) is 33.7 Å². The Bertz CT molecular complexity index is 1190. The molecule has 0 saturated carbocycles. The van der Waals surface area contributed by atoms with E-state index in [1.165, 1.54) is 10.9 Å². The van der Waals surface area contributed by atoms with Gasteiger partial charge in [-0.05, 0) is 18.2 Å². The van der Waals surface area contributed by atoms with E-state index in [1.807, 2.05) is 17.0 Å². The lowest BCUT2D eigenvalue weighted by molar-refractivity contribution is -0.149. The Morgan fingerprint density at radius 3 is 2.45 bits per heavy atom. The second-order valence-corrected chi connectivity index (χ2v) is 8.91. The van der Waals surface area contributed by atoms with Gasteiger partial charge in [0.05, 0.1) is 29.6 Å². The third-order valence-electron chi connectivity index (χ3n) is 6.21. The zero-order valence-electron chi connectivity index (χ0n) is 17.5. The van der Waals surface area contributed by atoms with Crippen molar-refractivity contribution in [3.63, 3.8) is 0 Å². The fraction of sp³-hybridized carbons (Fsp3) is 0.450. The van der Waals surface area contributed by atoms with E-state index in [0.717, 1.165) is 5.69 Å². The number of halogens is 2. The van der Waals surface area contributed by atoms with Crippen LogP contribution in [0.4, 0.5) is 17.5 Å². The van der Waals surface area contributed by atoms with E-state index in [2.05, 4.69) is 19.9 Å². The van der Waals surface area contributed by atoms with Crippen molar-refractivity contribution in [2.24, 2.45) is 0 Å². The number of aliphatic hydroxyl groups is 3. The number of ether oxygens (including phenoxy) is 1. The summed E-state index contributed by atoms with van der Waals surface area (Å²) in [5.41, 5.74) is 6.15. The molecule has 0 bridgehead atoms. The smallest absolute Gasteiger partial charge is 0.229 e. The number of imidazole rings is 1. The van der Waals surface area contributed by atoms with Crippen molar-refractivity contribution in [3.8, 4) is 0 Å². The molecule has 3 atom stereocenters. The molecular formula is C20H23Cl2N7O4. The molecule has 0 aliphatic carbocycles. The molecule has 2 saturated heterocycles. The van der Waals surface area contributed by atoms with Crippen molar-refractivity contribution in [1.82, 2.24) is 19.5 Å². The van der Waals surface area contributed by atoms with E-state index in [0.29, 0.717) is 53.3 Å². The molecule has 5 N–H and O–H groups in total. The number of nitrogen functional groups attached to an aromatic ring is 1. The van der Waals surface area contributed by atoms with Crippen LogP contribution in [0, 0.1) is 0 Å². The number of nitrogens with zero attached hydrogens (tertiary/aromatic N) is 6. The molecule has 2 aliphatic rings. The van der Waals surface area contributed by atoms with E-state index >= 15 is 0 Å². The average Bonchev–Trinajstić information content (AvgIpc) is 3.38. The second-order valence-electron chi connectivity index (χ2n) is 8.09. The number of hydrogen-bond acceptors (Lipinski definition) is 10. The van der Waals surface area contributed by atoms with Gasteiger partial charge in [-0.2, -0.15) is 9.97 Å².